The van der Waals surface area contributed by atoms with Gasteiger partial charge in [-0.1, -0.05) is 82.1 Å². The first-order valence-electron chi connectivity index (χ1n) is 15.5. The third-order valence-electron chi connectivity index (χ3n) is 8.86. The molecule has 45 heavy (non-hydrogen) atoms. The van der Waals surface area contributed by atoms with Crippen molar-refractivity contribution in [1.82, 2.24) is 0 Å². The molecule has 2 N–H and O–H groups in total. The molecule has 1 fully saturated rings. The van der Waals surface area contributed by atoms with Gasteiger partial charge >= 0.3 is 16.1 Å². The van der Waals surface area contributed by atoms with E-state index in [1.54, 1.807) is 43.3 Å². The number of aryl methyl sites for hydroxylation is 2. The summed E-state index contributed by atoms with van der Waals surface area (Å²) in [6.07, 6.45) is 6.65. The van der Waals surface area contributed by atoms with Gasteiger partial charge in [-0.2, -0.15) is 8.42 Å². The maximum Gasteiger partial charge on any atom is 0.349 e. The van der Waals surface area contributed by atoms with Crippen LogP contribution in [0, 0.1) is 12.8 Å². The Labute approximate surface area is 270 Å². The highest BCUT2D eigenvalue weighted by atomic mass is 32.2. The Morgan fingerprint density at radius 3 is 2.27 bits per heavy atom. The van der Waals surface area contributed by atoms with Crippen molar-refractivity contribution in [3.8, 4) is 11.5 Å². The second kappa shape index (κ2) is 13.1. The maximum atomic E-state index is 13.8. The summed E-state index contributed by atoms with van der Waals surface area (Å²) < 4.78 is 38.0. The molecule has 0 radical (unpaired) electrons. The molecule has 3 aromatic carbocycles. The van der Waals surface area contributed by atoms with Crippen LogP contribution < -0.4 is 4.18 Å². The molecule has 1 heterocycles. The average molecular weight is 651 g/mol. The van der Waals surface area contributed by atoms with Crippen LogP contribution in [0.1, 0.15) is 82.4 Å². The van der Waals surface area contributed by atoms with E-state index in [0.29, 0.717) is 18.4 Å². The van der Waals surface area contributed by atoms with Gasteiger partial charge in [0.05, 0.1) is 0 Å². The number of hydrogen-bond donors (Lipinski definition) is 2. The molecule has 5 rings (SSSR count). The Kier molecular flexibility index (Phi) is 9.61. The molecule has 0 amide bonds. The van der Waals surface area contributed by atoms with Crippen LogP contribution in [0.5, 0.6) is 11.5 Å². The topological polar surface area (TPSA) is 110 Å². The van der Waals surface area contributed by atoms with Crippen LogP contribution >= 0.6 is 11.8 Å². The number of aliphatic hydroxyl groups is 1. The average Bonchev–Trinajstić information content (AvgIpc) is 3.00. The summed E-state index contributed by atoms with van der Waals surface area (Å²) in [6, 6.07) is 18.6. The van der Waals surface area contributed by atoms with Crippen molar-refractivity contribution >= 4 is 27.8 Å². The predicted octanol–water partition coefficient (Wildman–Crippen LogP) is 8.53. The number of aliphatic hydroxyl groups excluding tert-OH is 1. The molecule has 7 nitrogen and oxygen atoms in total. The van der Waals surface area contributed by atoms with E-state index in [9.17, 15) is 23.4 Å². The number of ether oxygens (including phenoxy) is 1. The van der Waals surface area contributed by atoms with Crippen LogP contribution in [0.25, 0.3) is 0 Å². The van der Waals surface area contributed by atoms with E-state index in [4.69, 9.17) is 8.92 Å². The molecule has 2 aliphatic rings. The Balaban J connectivity index is 1.45. The summed E-state index contributed by atoms with van der Waals surface area (Å²) in [5, 5.41) is 21.2. The van der Waals surface area contributed by atoms with Gasteiger partial charge < -0.3 is 19.1 Å². The molecule has 0 aromatic heterocycles. The molecule has 1 aliphatic carbocycles. The monoisotopic (exact) mass is 650 g/mol. The van der Waals surface area contributed by atoms with Gasteiger partial charge in [-0.25, -0.2) is 4.79 Å². The molecule has 9 heteroatoms. The number of aromatic hydroxyl groups is 1. The summed E-state index contributed by atoms with van der Waals surface area (Å²) in [6.45, 7) is 7.77. The fourth-order valence-electron chi connectivity index (χ4n) is 6.35. The summed E-state index contributed by atoms with van der Waals surface area (Å²) in [5.41, 5.74) is 1.15. The molecule has 1 atom stereocenters. The lowest BCUT2D eigenvalue weighted by Gasteiger charge is -2.44. The molecule has 1 aliphatic heterocycles. The van der Waals surface area contributed by atoms with E-state index < -0.39 is 27.1 Å². The van der Waals surface area contributed by atoms with Gasteiger partial charge in [-0.3, -0.25) is 0 Å². The third kappa shape index (κ3) is 7.52. The highest BCUT2D eigenvalue weighted by molar-refractivity contribution is 8.04. The van der Waals surface area contributed by atoms with Gasteiger partial charge in [0.1, 0.15) is 32.7 Å². The molecule has 1 saturated carbocycles. The molecular weight excluding hydrogens is 609 g/mol. The van der Waals surface area contributed by atoms with Crippen molar-refractivity contribution < 1.29 is 32.3 Å². The lowest BCUT2D eigenvalue weighted by molar-refractivity contribution is -0.168. The first kappa shape index (κ1) is 32.9. The van der Waals surface area contributed by atoms with E-state index in [-0.39, 0.29) is 39.4 Å². The first-order valence-corrected chi connectivity index (χ1v) is 17.8. The normalized spacial score (nSPS) is 19.8. The third-order valence-corrected chi connectivity index (χ3v) is 11.3. The number of cyclic esters (lactones) is 1. The van der Waals surface area contributed by atoms with Crippen molar-refractivity contribution in [2.24, 2.45) is 5.92 Å². The lowest BCUT2D eigenvalue weighted by Crippen LogP contribution is -2.47. The number of hydrogen-bond acceptors (Lipinski definition) is 8. The Bertz CT molecular complexity index is 1670. The van der Waals surface area contributed by atoms with Crippen molar-refractivity contribution in [2.45, 2.75) is 99.9 Å². The number of thioether (sulfide) groups is 1. The number of phenols is 1. The number of carbonyl (C=O) groups is 1. The van der Waals surface area contributed by atoms with E-state index in [2.05, 4.69) is 0 Å². The highest BCUT2D eigenvalue weighted by Gasteiger charge is 2.48. The second-order valence-corrected chi connectivity index (χ2v) is 15.8. The van der Waals surface area contributed by atoms with Gasteiger partial charge in [0, 0.05) is 11.3 Å². The molecular formula is C36H42O7S2. The standard InChI is InChI=1S/C36H42O7S2/c1-24-21-32(29(35(2,3)4)22-31(24)43-45(40,41)28-13-9-6-10-14-28)44-33-30(38)23-36(42-34(33)39,26-11-7-5-8-12-26)20-19-25-15-17-27(37)18-16-25/h6,9-10,13-18,21-22,26,37-38H,5,7-8,11-12,19-20,23H2,1-4H3. The van der Waals surface area contributed by atoms with Crippen LogP contribution in [0.4, 0.5) is 0 Å². The minimum Gasteiger partial charge on any atom is -0.511 e. The lowest BCUT2D eigenvalue weighted by atomic mass is 9.71. The zero-order valence-corrected chi connectivity index (χ0v) is 28.0. The van der Waals surface area contributed by atoms with Gasteiger partial charge in [-0.15, -0.1) is 0 Å². The van der Waals surface area contributed by atoms with Crippen molar-refractivity contribution in [3.63, 3.8) is 0 Å². The van der Waals surface area contributed by atoms with Gasteiger partial charge in [0.15, 0.2) is 0 Å². The Morgan fingerprint density at radius 2 is 1.64 bits per heavy atom. The Morgan fingerprint density at radius 1 is 0.978 bits per heavy atom. The number of benzene rings is 3. The molecule has 3 aromatic rings. The summed E-state index contributed by atoms with van der Waals surface area (Å²) in [4.78, 5) is 14.7. The van der Waals surface area contributed by atoms with Gasteiger partial charge in [0.25, 0.3) is 0 Å². The van der Waals surface area contributed by atoms with E-state index >= 15 is 0 Å². The van der Waals surface area contributed by atoms with Crippen LogP contribution in [-0.2, 0) is 31.5 Å². The summed E-state index contributed by atoms with van der Waals surface area (Å²) in [7, 11) is -4.05. The predicted molar refractivity (Wildman–Crippen MR) is 176 cm³/mol. The number of phenolic OH excluding ortho intramolecular Hbond substituents is 1. The molecule has 0 saturated heterocycles. The van der Waals surface area contributed by atoms with E-state index in [0.717, 1.165) is 59.9 Å². The van der Waals surface area contributed by atoms with Crippen LogP contribution in [0.3, 0.4) is 0 Å². The Hall–Kier alpha value is -3.43. The quantitative estimate of drug-likeness (QED) is 0.175. The van der Waals surface area contributed by atoms with Crippen LogP contribution in [0.15, 0.2) is 87.2 Å². The summed E-state index contributed by atoms with van der Waals surface area (Å²) in [5.74, 6) is 0.0513. The van der Waals surface area contributed by atoms with Gasteiger partial charge in [0.2, 0.25) is 0 Å². The first-order chi connectivity index (χ1) is 21.3. The van der Waals surface area contributed by atoms with Crippen molar-refractivity contribution in [3.05, 3.63) is 94.1 Å². The largest absolute Gasteiger partial charge is 0.511 e. The van der Waals surface area contributed by atoms with Gasteiger partial charge in [-0.05, 0) is 97.0 Å². The SMILES string of the molecule is Cc1cc(SC2=C(O)CC(CCc3ccc(O)cc3)(C3CCCCC3)OC2=O)c(C(C)(C)C)cc1OS(=O)(=O)c1ccccc1. The number of carbonyl (C=O) groups excluding carboxylic acids is 1. The van der Waals surface area contributed by atoms with E-state index in [1.807, 2.05) is 39.0 Å². The highest BCUT2D eigenvalue weighted by Crippen LogP contribution is 2.49. The zero-order valence-electron chi connectivity index (χ0n) is 26.3. The van der Waals surface area contributed by atoms with Crippen LogP contribution in [0.2, 0.25) is 0 Å². The molecule has 0 spiro atoms. The maximum absolute atomic E-state index is 13.8. The van der Waals surface area contributed by atoms with E-state index in [1.165, 1.54) is 12.1 Å². The fraction of sp³-hybridized carbons (Fsp3) is 0.417. The molecule has 0 bridgehead atoms. The minimum atomic E-state index is -4.05. The second-order valence-electron chi connectivity index (χ2n) is 13.2. The smallest absolute Gasteiger partial charge is 0.349 e. The number of rotatable bonds is 9. The van der Waals surface area contributed by atoms with Crippen molar-refractivity contribution in [1.29, 1.82) is 0 Å². The van der Waals surface area contributed by atoms with Crippen LogP contribution in [-0.4, -0.2) is 30.2 Å². The summed E-state index contributed by atoms with van der Waals surface area (Å²) >= 11 is 1.16. The number of esters is 1. The molecule has 1 unspecified atom stereocenters. The van der Waals surface area contributed by atoms with Crippen molar-refractivity contribution in [2.75, 3.05) is 0 Å². The minimum absolute atomic E-state index is 0.0250. The zero-order chi connectivity index (χ0) is 32.4. The fourth-order valence-corrected chi connectivity index (χ4v) is 8.60. The molecule has 240 valence electrons.